The Hall–Kier alpha value is -1.31. The molecular formula is C40H60O2. The zero-order valence-electron chi connectivity index (χ0n) is 28.0. The number of Topliss-reactive ketones (excluding diaryl/α,β-unsaturated/α-hetero) is 1. The first-order valence-corrected chi connectivity index (χ1v) is 17.9. The van der Waals surface area contributed by atoms with Crippen molar-refractivity contribution in [2.24, 2.45) is 56.2 Å². The van der Waals surface area contributed by atoms with Crippen LogP contribution in [0.1, 0.15) is 144 Å². The first-order valence-electron chi connectivity index (χ1n) is 17.9. The molecule has 1 spiro atoms. The average molecular weight is 573 g/mol. The molecule has 2 nitrogen and oxygen atoms in total. The van der Waals surface area contributed by atoms with Gasteiger partial charge in [0.1, 0.15) is 0 Å². The van der Waals surface area contributed by atoms with Crippen molar-refractivity contribution < 1.29 is 9.53 Å². The molecule has 5 saturated carbocycles. The van der Waals surface area contributed by atoms with Crippen LogP contribution < -0.4 is 0 Å². The van der Waals surface area contributed by atoms with Gasteiger partial charge < -0.3 is 4.74 Å². The van der Waals surface area contributed by atoms with E-state index in [1.54, 1.807) is 5.57 Å². The Morgan fingerprint density at radius 3 is 1.86 bits per heavy atom. The molecule has 0 N–H and O–H groups in total. The molecular weight excluding hydrogens is 512 g/mol. The normalized spacial score (nSPS) is 55.3. The Morgan fingerprint density at radius 1 is 0.667 bits per heavy atom. The molecule has 0 radical (unpaired) electrons. The lowest BCUT2D eigenvalue weighted by Gasteiger charge is -2.68. The number of ether oxygens (including phenoxy) is 1. The van der Waals surface area contributed by atoms with E-state index in [1.807, 2.05) is 0 Å². The third-order valence-corrected chi connectivity index (χ3v) is 16.6. The second kappa shape index (κ2) is 9.13. The molecule has 1 aliphatic heterocycles. The molecule has 42 heavy (non-hydrogen) atoms. The average Bonchev–Trinajstić information content (AvgIpc) is 2.97. The second-order valence-electron chi connectivity index (χ2n) is 18.4. The smallest absolute Gasteiger partial charge is 0.176 e. The molecule has 0 aromatic heterocycles. The van der Waals surface area contributed by atoms with Gasteiger partial charge in [0.05, 0.1) is 5.76 Å². The maximum atomic E-state index is 14.2. The molecule has 2 heteroatoms. The topological polar surface area (TPSA) is 26.3 Å². The summed E-state index contributed by atoms with van der Waals surface area (Å²) in [5.41, 5.74) is 2.47. The molecule has 1 heterocycles. The fourth-order valence-electron chi connectivity index (χ4n) is 13.6. The minimum absolute atomic E-state index is 0.0616. The number of rotatable bonds is 2. The lowest BCUT2D eigenvalue weighted by Crippen LogP contribution is -2.68. The predicted molar refractivity (Wildman–Crippen MR) is 173 cm³/mol. The Bertz CT molecular complexity index is 1230. The van der Waals surface area contributed by atoms with Gasteiger partial charge in [0.15, 0.2) is 11.4 Å². The minimum atomic E-state index is -0.608. The highest BCUT2D eigenvalue weighted by Gasteiger charge is 2.70. The van der Waals surface area contributed by atoms with E-state index in [0.29, 0.717) is 34.4 Å². The van der Waals surface area contributed by atoms with E-state index >= 15 is 0 Å². The van der Waals surface area contributed by atoms with Crippen molar-refractivity contribution in [1.29, 1.82) is 0 Å². The molecule has 11 atom stereocenters. The molecule has 6 aliphatic carbocycles. The number of allylic oxidation sites excluding steroid dienone is 4. The third kappa shape index (κ3) is 3.65. The summed E-state index contributed by atoms with van der Waals surface area (Å²) in [4.78, 5) is 14.2. The number of ketones is 1. The largest absolute Gasteiger partial charge is 0.483 e. The zero-order valence-corrected chi connectivity index (χ0v) is 28.0. The fraction of sp³-hybridized carbons (Fsp3) is 0.825. The van der Waals surface area contributed by atoms with E-state index in [0.717, 1.165) is 49.9 Å². The quantitative estimate of drug-likeness (QED) is 0.308. The van der Waals surface area contributed by atoms with E-state index in [1.165, 1.54) is 70.0 Å². The number of fused-ring (bicyclic) bond motifs is 8. The summed E-state index contributed by atoms with van der Waals surface area (Å²) in [6, 6.07) is 0. The number of hydrogen-bond acceptors (Lipinski definition) is 2. The molecule has 232 valence electrons. The lowest BCUT2D eigenvalue weighted by atomic mass is 9.39. The van der Waals surface area contributed by atoms with Gasteiger partial charge in [-0.3, -0.25) is 4.79 Å². The first-order chi connectivity index (χ1) is 19.7. The highest BCUT2D eigenvalue weighted by Crippen LogP contribution is 2.72. The van der Waals surface area contributed by atoms with Gasteiger partial charge in [0.2, 0.25) is 0 Å². The van der Waals surface area contributed by atoms with E-state index in [-0.39, 0.29) is 16.2 Å². The van der Waals surface area contributed by atoms with Gasteiger partial charge in [-0.1, -0.05) is 53.7 Å². The maximum Gasteiger partial charge on any atom is 0.176 e. The fourth-order valence-corrected chi connectivity index (χ4v) is 13.6. The van der Waals surface area contributed by atoms with Gasteiger partial charge in [-0.15, -0.1) is 13.2 Å². The summed E-state index contributed by atoms with van der Waals surface area (Å²) in [6.07, 6.45) is 23.2. The van der Waals surface area contributed by atoms with Crippen LogP contribution in [0.3, 0.4) is 0 Å². The first kappa shape index (κ1) is 29.4. The summed E-state index contributed by atoms with van der Waals surface area (Å²) in [5, 5.41) is 0. The standard InChI is InChI=1S/C40H60O2/c1-9-34(3)21-23-36(5)27(25-34)15-18-38(7)29-17-20-40(42-30(29)11-12-31(36)38)33(41)14-13-32-37(6)24-22-35(4,10-2)26-28(37)16-19-39(32,40)8/h9-10,27-28,31-32H,1-2,11-26H2,3-8H3. The summed E-state index contributed by atoms with van der Waals surface area (Å²) in [7, 11) is 0. The van der Waals surface area contributed by atoms with Gasteiger partial charge in [-0.25, -0.2) is 0 Å². The molecule has 0 bridgehead atoms. The van der Waals surface area contributed by atoms with Crippen LogP contribution in [0.4, 0.5) is 0 Å². The highest BCUT2D eigenvalue weighted by molar-refractivity contribution is 5.90. The van der Waals surface area contributed by atoms with Gasteiger partial charge in [0.25, 0.3) is 0 Å². The van der Waals surface area contributed by atoms with Crippen LogP contribution in [0.5, 0.6) is 0 Å². The molecule has 7 aliphatic rings. The monoisotopic (exact) mass is 572 g/mol. The van der Waals surface area contributed by atoms with E-state index in [2.05, 4.69) is 66.9 Å². The van der Waals surface area contributed by atoms with Crippen molar-refractivity contribution in [2.45, 2.75) is 150 Å². The summed E-state index contributed by atoms with van der Waals surface area (Å²) >= 11 is 0. The third-order valence-electron chi connectivity index (χ3n) is 16.6. The number of hydrogen-bond donors (Lipinski definition) is 0. The Balaban J connectivity index is 1.20. The van der Waals surface area contributed by atoms with Gasteiger partial charge >= 0.3 is 0 Å². The van der Waals surface area contributed by atoms with Crippen molar-refractivity contribution >= 4 is 5.78 Å². The summed E-state index contributed by atoms with van der Waals surface area (Å²) in [6.45, 7) is 23.7. The van der Waals surface area contributed by atoms with Crippen LogP contribution in [0.25, 0.3) is 0 Å². The molecule has 7 rings (SSSR count). The van der Waals surface area contributed by atoms with Gasteiger partial charge in [0, 0.05) is 18.3 Å². The van der Waals surface area contributed by atoms with Crippen molar-refractivity contribution in [3.63, 3.8) is 0 Å². The van der Waals surface area contributed by atoms with Crippen molar-refractivity contribution in [3.8, 4) is 0 Å². The molecule has 0 aromatic rings. The van der Waals surface area contributed by atoms with Crippen molar-refractivity contribution in [3.05, 3.63) is 36.6 Å². The SMILES string of the molecule is C=CC1(C)CCC2(C)C(CCC3(C)C4=C(CCC32)OC2(CC4)C(=O)CCC3C4(C)CCC(C)(C=C)CC4CCC32C)C1. The number of carbonyl (C=O) groups is 1. The molecule has 11 unspecified atom stereocenters. The van der Waals surface area contributed by atoms with Crippen molar-refractivity contribution in [1.82, 2.24) is 0 Å². The van der Waals surface area contributed by atoms with E-state index in [4.69, 9.17) is 4.74 Å². The van der Waals surface area contributed by atoms with Crippen LogP contribution in [0.2, 0.25) is 0 Å². The van der Waals surface area contributed by atoms with Crippen LogP contribution in [0.15, 0.2) is 36.6 Å². The van der Waals surface area contributed by atoms with Gasteiger partial charge in [-0.2, -0.15) is 0 Å². The lowest BCUT2D eigenvalue weighted by molar-refractivity contribution is -0.223. The van der Waals surface area contributed by atoms with Crippen LogP contribution in [-0.4, -0.2) is 11.4 Å². The zero-order chi connectivity index (χ0) is 30.0. The minimum Gasteiger partial charge on any atom is -0.483 e. The predicted octanol–water partition coefficient (Wildman–Crippen LogP) is 10.8. The Labute approximate surface area is 257 Å². The Morgan fingerprint density at radius 2 is 1.24 bits per heavy atom. The highest BCUT2D eigenvalue weighted by atomic mass is 16.5. The molecule has 0 saturated heterocycles. The maximum absolute atomic E-state index is 14.2. The van der Waals surface area contributed by atoms with E-state index in [9.17, 15) is 4.79 Å². The number of carbonyl (C=O) groups excluding carboxylic acids is 1. The summed E-state index contributed by atoms with van der Waals surface area (Å²) in [5.74, 6) is 4.54. The van der Waals surface area contributed by atoms with E-state index < -0.39 is 5.60 Å². The van der Waals surface area contributed by atoms with Crippen LogP contribution in [0, 0.1) is 56.2 Å². The molecule has 0 amide bonds. The Kier molecular flexibility index (Phi) is 6.39. The molecule has 5 fully saturated rings. The van der Waals surface area contributed by atoms with Crippen LogP contribution in [-0.2, 0) is 9.53 Å². The van der Waals surface area contributed by atoms with Crippen LogP contribution >= 0.6 is 0 Å². The molecule has 0 aromatic carbocycles. The van der Waals surface area contributed by atoms with Gasteiger partial charge in [-0.05, 0) is 146 Å². The second-order valence-corrected chi connectivity index (χ2v) is 18.4. The van der Waals surface area contributed by atoms with Crippen molar-refractivity contribution in [2.75, 3.05) is 0 Å². The summed E-state index contributed by atoms with van der Waals surface area (Å²) < 4.78 is 7.42.